The molecule has 1 heterocycles. The van der Waals surface area contributed by atoms with Gasteiger partial charge in [-0.05, 0) is 30.3 Å². The van der Waals surface area contributed by atoms with Gasteiger partial charge >= 0.3 is 5.97 Å². The number of carbonyl (C=O) groups is 2. The number of Topliss-reactive ketones (excluding diaryl/α,β-unsaturated/α-hetero) is 1. The number of ether oxygens (including phenoxy) is 1. The van der Waals surface area contributed by atoms with E-state index in [0.29, 0.717) is 5.82 Å². The normalized spacial score (nSPS) is 10.6. The Morgan fingerprint density at radius 3 is 2.52 bits per heavy atom. The molecule has 9 heteroatoms. The minimum atomic E-state index is -1.15. The summed E-state index contributed by atoms with van der Waals surface area (Å²) in [6.07, 6.45) is 0. The molecule has 0 spiro atoms. The number of ketones is 1. The number of carbonyl (C=O) groups excluding carboxylic acids is 2. The SMILES string of the molecule is Cc1ccc(-c2nnn(CC(=O)OCC(=O)c3ccc(F)c(F)c3)n2)cc1. The molecular weight excluding hydrogens is 358 g/mol. The number of nitrogens with zero attached hydrogens (tertiary/aromatic N) is 4. The van der Waals surface area contributed by atoms with E-state index < -0.39 is 30.0 Å². The molecule has 0 radical (unpaired) electrons. The number of rotatable bonds is 6. The van der Waals surface area contributed by atoms with E-state index in [-0.39, 0.29) is 12.1 Å². The van der Waals surface area contributed by atoms with Crippen LogP contribution in [0.15, 0.2) is 42.5 Å². The summed E-state index contributed by atoms with van der Waals surface area (Å²) in [5.74, 6) is -3.29. The Morgan fingerprint density at radius 1 is 1.07 bits per heavy atom. The summed E-state index contributed by atoms with van der Waals surface area (Å²) in [5, 5.41) is 11.7. The number of benzene rings is 2. The van der Waals surface area contributed by atoms with Gasteiger partial charge in [-0.1, -0.05) is 29.8 Å². The summed E-state index contributed by atoms with van der Waals surface area (Å²) in [7, 11) is 0. The van der Waals surface area contributed by atoms with Crippen molar-refractivity contribution in [2.75, 3.05) is 6.61 Å². The molecule has 7 nitrogen and oxygen atoms in total. The molecule has 1 aromatic heterocycles. The van der Waals surface area contributed by atoms with Crippen molar-refractivity contribution in [2.24, 2.45) is 0 Å². The number of tetrazole rings is 1. The van der Waals surface area contributed by atoms with Crippen LogP contribution in [0.5, 0.6) is 0 Å². The van der Waals surface area contributed by atoms with Crippen LogP contribution in [0.1, 0.15) is 15.9 Å². The minimum absolute atomic E-state index is 0.0951. The maximum Gasteiger partial charge on any atom is 0.330 e. The summed E-state index contributed by atoms with van der Waals surface area (Å²) in [6.45, 7) is 0.999. The predicted molar refractivity (Wildman–Crippen MR) is 89.6 cm³/mol. The Labute approximate surface area is 152 Å². The van der Waals surface area contributed by atoms with Gasteiger partial charge in [-0.3, -0.25) is 4.79 Å². The fourth-order valence-electron chi connectivity index (χ4n) is 2.19. The zero-order valence-electron chi connectivity index (χ0n) is 14.2. The summed E-state index contributed by atoms with van der Waals surface area (Å²) >= 11 is 0. The molecule has 0 fully saturated rings. The molecule has 0 saturated heterocycles. The highest BCUT2D eigenvalue weighted by molar-refractivity contribution is 5.97. The van der Waals surface area contributed by atoms with Crippen molar-refractivity contribution in [3.8, 4) is 11.4 Å². The zero-order chi connectivity index (χ0) is 19.4. The fourth-order valence-corrected chi connectivity index (χ4v) is 2.19. The standard InChI is InChI=1S/C18H14F2N4O3/c1-11-2-4-12(5-3-11)18-21-23-24(22-18)9-17(26)27-10-16(25)13-6-7-14(19)15(20)8-13/h2-8H,9-10H2,1H3. The molecule has 0 aliphatic heterocycles. The van der Waals surface area contributed by atoms with E-state index in [9.17, 15) is 18.4 Å². The third-order valence-electron chi connectivity index (χ3n) is 3.64. The van der Waals surface area contributed by atoms with Crippen molar-refractivity contribution < 1.29 is 23.1 Å². The molecule has 3 rings (SSSR count). The van der Waals surface area contributed by atoms with E-state index in [1.165, 1.54) is 0 Å². The molecular formula is C18H14F2N4O3. The summed E-state index contributed by atoms with van der Waals surface area (Å²) in [4.78, 5) is 24.7. The molecule has 0 atom stereocenters. The second-order valence-corrected chi connectivity index (χ2v) is 5.72. The van der Waals surface area contributed by atoms with Gasteiger partial charge in [-0.15, -0.1) is 10.2 Å². The van der Waals surface area contributed by atoms with Gasteiger partial charge in [0.1, 0.15) is 0 Å². The molecule has 2 aromatic carbocycles. The largest absolute Gasteiger partial charge is 0.456 e. The molecule has 0 saturated carbocycles. The highest BCUT2D eigenvalue weighted by Gasteiger charge is 2.14. The Bertz CT molecular complexity index is 987. The third-order valence-corrected chi connectivity index (χ3v) is 3.64. The van der Waals surface area contributed by atoms with E-state index in [1.54, 1.807) is 0 Å². The molecule has 27 heavy (non-hydrogen) atoms. The van der Waals surface area contributed by atoms with Gasteiger partial charge in [0.25, 0.3) is 0 Å². The lowest BCUT2D eigenvalue weighted by atomic mass is 10.1. The smallest absolute Gasteiger partial charge is 0.330 e. The van der Waals surface area contributed by atoms with Gasteiger partial charge in [0.15, 0.2) is 30.6 Å². The van der Waals surface area contributed by atoms with Crippen molar-refractivity contribution in [3.63, 3.8) is 0 Å². The minimum Gasteiger partial charge on any atom is -0.456 e. The maximum atomic E-state index is 13.1. The first-order valence-corrected chi connectivity index (χ1v) is 7.91. The number of halogens is 2. The predicted octanol–water partition coefficient (Wildman–Crippen LogP) is 2.35. The van der Waals surface area contributed by atoms with Crippen LogP contribution < -0.4 is 0 Å². The van der Waals surface area contributed by atoms with Gasteiger partial charge < -0.3 is 4.74 Å². The van der Waals surface area contributed by atoms with Crippen molar-refractivity contribution in [1.29, 1.82) is 0 Å². The summed E-state index contributed by atoms with van der Waals surface area (Å²) < 4.78 is 30.8. The van der Waals surface area contributed by atoms with Gasteiger partial charge in [0.2, 0.25) is 5.82 Å². The molecule has 0 unspecified atom stereocenters. The number of esters is 1. The first kappa shape index (κ1) is 18.3. The van der Waals surface area contributed by atoms with Crippen LogP contribution in [-0.2, 0) is 16.1 Å². The van der Waals surface area contributed by atoms with Gasteiger partial charge in [-0.25, -0.2) is 13.6 Å². The average Bonchev–Trinajstić information content (AvgIpc) is 3.11. The molecule has 0 amide bonds. The van der Waals surface area contributed by atoms with Crippen molar-refractivity contribution in [2.45, 2.75) is 13.5 Å². The quantitative estimate of drug-likeness (QED) is 0.488. The molecule has 138 valence electrons. The van der Waals surface area contributed by atoms with Gasteiger partial charge in [0, 0.05) is 11.1 Å². The van der Waals surface area contributed by atoms with Crippen LogP contribution in [0.25, 0.3) is 11.4 Å². The van der Waals surface area contributed by atoms with Gasteiger partial charge in [-0.2, -0.15) is 4.80 Å². The number of aromatic nitrogens is 4. The van der Waals surface area contributed by atoms with Crippen LogP contribution in [0.3, 0.4) is 0 Å². The molecule has 0 aliphatic carbocycles. The Balaban J connectivity index is 1.55. The Kier molecular flexibility index (Phi) is 5.30. The lowest BCUT2D eigenvalue weighted by molar-refractivity contribution is -0.143. The summed E-state index contributed by atoms with van der Waals surface area (Å²) in [5.41, 5.74) is 1.73. The van der Waals surface area contributed by atoms with E-state index in [2.05, 4.69) is 15.4 Å². The van der Waals surface area contributed by atoms with E-state index in [1.807, 2.05) is 31.2 Å². The van der Waals surface area contributed by atoms with Crippen molar-refractivity contribution in [1.82, 2.24) is 20.2 Å². The number of hydrogen-bond acceptors (Lipinski definition) is 6. The summed E-state index contributed by atoms with van der Waals surface area (Å²) in [6, 6.07) is 10.1. The van der Waals surface area contributed by atoms with Crippen molar-refractivity contribution >= 4 is 11.8 Å². The average molecular weight is 372 g/mol. The molecule has 0 N–H and O–H groups in total. The lowest BCUT2D eigenvalue weighted by Gasteiger charge is -2.04. The Hall–Kier alpha value is -3.49. The fraction of sp³-hybridized carbons (Fsp3) is 0.167. The van der Waals surface area contributed by atoms with E-state index in [0.717, 1.165) is 34.1 Å². The maximum absolute atomic E-state index is 13.1. The van der Waals surface area contributed by atoms with Crippen LogP contribution in [0.2, 0.25) is 0 Å². The third kappa shape index (κ3) is 4.57. The molecule has 0 aliphatic rings. The highest BCUT2D eigenvalue weighted by atomic mass is 19.2. The second-order valence-electron chi connectivity index (χ2n) is 5.72. The van der Waals surface area contributed by atoms with E-state index >= 15 is 0 Å². The van der Waals surface area contributed by atoms with Crippen LogP contribution >= 0.6 is 0 Å². The van der Waals surface area contributed by atoms with Crippen LogP contribution in [0.4, 0.5) is 8.78 Å². The second kappa shape index (κ2) is 7.81. The molecule has 0 bridgehead atoms. The first-order valence-electron chi connectivity index (χ1n) is 7.91. The number of hydrogen-bond donors (Lipinski definition) is 0. The highest BCUT2D eigenvalue weighted by Crippen LogP contribution is 2.14. The Morgan fingerprint density at radius 2 is 1.81 bits per heavy atom. The van der Waals surface area contributed by atoms with Crippen molar-refractivity contribution in [3.05, 3.63) is 65.2 Å². The van der Waals surface area contributed by atoms with Crippen LogP contribution in [-0.4, -0.2) is 38.6 Å². The monoisotopic (exact) mass is 372 g/mol. The zero-order valence-corrected chi connectivity index (χ0v) is 14.2. The number of aryl methyl sites for hydroxylation is 1. The van der Waals surface area contributed by atoms with E-state index in [4.69, 9.17) is 4.74 Å². The molecule has 3 aromatic rings. The van der Waals surface area contributed by atoms with Gasteiger partial charge in [0.05, 0.1) is 0 Å². The first-order chi connectivity index (χ1) is 12.9. The van der Waals surface area contributed by atoms with Crippen LogP contribution in [0, 0.1) is 18.6 Å². The lowest BCUT2D eigenvalue weighted by Crippen LogP contribution is -2.20. The topological polar surface area (TPSA) is 87.0 Å².